The number of benzene rings is 2. The second kappa shape index (κ2) is 8.42. The third-order valence-corrected chi connectivity index (χ3v) is 4.30. The van der Waals surface area contributed by atoms with Gasteiger partial charge in [-0.3, -0.25) is 4.79 Å². The van der Waals surface area contributed by atoms with Crippen LogP contribution in [0.3, 0.4) is 0 Å². The van der Waals surface area contributed by atoms with Gasteiger partial charge in [0.2, 0.25) is 5.91 Å². The molecule has 128 valence electrons. The highest BCUT2D eigenvalue weighted by Crippen LogP contribution is 2.20. The van der Waals surface area contributed by atoms with E-state index >= 15 is 0 Å². The Labute approximate surface area is 151 Å². The Morgan fingerprint density at radius 3 is 2.46 bits per heavy atom. The van der Waals surface area contributed by atoms with Gasteiger partial charge in [-0.1, -0.05) is 58.4 Å². The smallest absolute Gasteiger partial charge is 0.244 e. The number of carbonyl (C=O) groups excluding carboxylic acids is 1. The highest BCUT2D eigenvalue weighted by Gasteiger charge is 2.31. The molecule has 1 amide bonds. The summed E-state index contributed by atoms with van der Waals surface area (Å²) in [7, 11) is 0. The van der Waals surface area contributed by atoms with E-state index in [-0.39, 0.29) is 11.9 Å². The molecule has 0 fully saturated rings. The molecular formula is C19H23BrN2O2. The molecule has 0 bridgehead atoms. The van der Waals surface area contributed by atoms with Crippen LogP contribution in [0.1, 0.15) is 25.0 Å². The number of halogens is 1. The largest absolute Gasteiger partial charge is 0.375 e. The van der Waals surface area contributed by atoms with Gasteiger partial charge in [-0.15, -0.1) is 0 Å². The number of hydrogen-bond donors (Lipinski definition) is 2. The summed E-state index contributed by atoms with van der Waals surface area (Å²) < 4.78 is 6.60. The van der Waals surface area contributed by atoms with Crippen LogP contribution in [-0.2, 0) is 21.7 Å². The van der Waals surface area contributed by atoms with E-state index in [2.05, 4.69) is 21.2 Å². The van der Waals surface area contributed by atoms with Crippen molar-refractivity contribution in [3.63, 3.8) is 0 Å². The molecule has 3 N–H and O–H groups in total. The topological polar surface area (TPSA) is 64.3 Å². The summed E-state index contributed by atoms with van der Waals surface area (Å²) in [6, 6.07) is 17.3. The molecule has 0 aliphatic carbocycles. The minimum Gasteiger partial charge on any atom is -0.375 e. The van der Waals surface area contributed by atoms with Gasteiger partial charge >= 0.3 is 0 Å². The molecule has 2 unspecified atom stereocenters. The summed E-state index contributed by atoms with van der Waals surface area (Å²) in [6.07, 6.45) is 0. The van der Waals surface area contributed by atoms with Crippen molar-refractivity contribution < 1.29 is 9.53 Å². The minimum absolute atomic E-state index is 0.125. The van der Waals surface area contributed by atoms with Gasteiger partial charge in [0, 0.05) is 10.5 Å². The highest BCUT2D eigenvalue weighted by molar-refractivity contribution is 9.10. The van der Waals surface area contributed by atoms with Crippen molar-refractivity contribution in [1.82, 2.24) is 5.32 Å². The molecule has 4 nitrogen and oxygen atoms in total. The molecule has 2 rings (SSSR count). The second-order valence-electron chi connectivity index (χ2n) is 6.08. The van der Waals surface area contributed by atoms with Crippen LogP contribution in [-0.4, -0.2) is 18.6 Å². The molecule has 2 aromatic carbocycles. The van der Waals surface area contributed by atoms with Crippen LogP contribution in [0.25, 0.3) is 0 Å². The Kier molecular flexibility index (Phi) is 6.54. The van der Waals surface area contributed by atoms with E-state index < -0.39 is 5.54 Å². The lowest BCUT2D eigenvalue weighted by Gasteiger charge is -2.26. The molecule has 0 saturated carbocycles. The highest BCUT2D eigenvalue weighted by atomic mass is 79.9. The number of rotatable bonds is 7. The fourth-order valence-electron chi connectivity index (χ4n) is 2.27. The van der Waals surface area contributed by atoms with Crippen LogP contribution in [0.4, 0.5) is 0 Å². The summed E-state index contributed by atoms with van der Waals surface area (Å²) in [5, 5.41) is 2.92. The average Bonchev–Trinajstić information content (AvgIpc) is 2.56. The first-order chi connectivity index (χ1) is 11.4. The van der Waals surface area contributed by atoms with Crippen LogP contribution in [0, 0.1) is 0 Å². The Balaban J connectivity index is 1.85. The molecule has 5 heteroatoms. The molecule has 0 aliphatic rings. The normalized spacial score (nSPS) is 14.7. The van der Waals surface area contributed by atoms with Crippen LogP contribution in [0.2, 0.25) is 0 Å². The van der Waals surface area contributed by atoms with E-state index in [0.717, 1.165) is 15.6 Å². The summed E-state index contributed by atoms with van der Waals surface area (Å²) in [5.41, 5.74) is 7.01. The first-order valence-corrected chi connectivity index (χ1v) is 8.66. The van der Waals surface area contributed by atoms with E-state index in [0.29, 0.717) is 13.2 Å². The molecule has 2 atom stereocenters. The zero-order valence-corrected chi connectivity index (χ0v) is 15.5. The predicted molar refractivity (Wildman–Crippen MR) is 99.4 cm³/mol. The Morgan fingerprint density at radius 1 is 1.21 bits per heavy atom. The fourth-order valence-corrected chi connectivity index (χ4v) is 2.53. The lowest BCUT2D eigenvalue weighted by atomic mass is 9.92. The number of nitrogens with one attached hydrogen (secondary N) is 1. The first kappa shape index (κ1) is 18.6. The van der Waals surface area contributed by atoms with Crippen molar-refractivity contribution in [2.24, 2.45) is 5.73 Å². The second-order valence-corrected chi connectivity index (χ2v) is 7.00. The Hall–Kier alpha value is -1.69. The zero-order chi connectivity index (χ0) is 17.6. The quantitative estimate of drug-likeness (QED) is 0.761. The zero-order valence-electron chi connectivity index (χ0n) is 14.0. The molecule has 0 aromatic heterocycles. The van der Waals surface area contributed by atoms with Crippen molar-refractivity contribution in [1.29, 1.82) is 0 Å². The summed E-state index contributed by atoms with van der Waals surface area (Å²) >= 11 is 3.38. The van der Waals surface area contributed by atoms with Gasteiger partial charge < -0.3 is 15.8 Å². The van der Waals surface area contributed by atoms with E-state index in [9.17, 15) is 4.79 Å². The van der Waals surface area contributed by atoms with Crippen LogP contribution < -0.4 is 11.1 Å². The third-order valence-electron chi connectivity index (χ3n) is 3.77. The van der Waals surface area contributed by atoms with Gasteiger partial charge in [0.25, 0.3) is 0 Å². The van der Waals surface area contributed by atoms with Gasteiger partial charge in [0.15, 0.2) is 0 Å². The van der Waals surface area contributed by atoms with Crippen molar-refractivity contribution in [3.8, 4) is 0 Å². The Bertz CT molecular complexity index is 657. The van der Waals surface area contributed by atoms with Crippen LogP contribution in [0.5, 0.6) is 0 Å². The lowest BCUT2D eigenvalue weighted by Crippen LogP contribution is -2.52. The average molecular weight is 391 g/mol. The number of nitrogens with two attached hydrogens (primary N) is 1. The van der Waals surface area contributed by atoms with E-state index in [1.807, 2.05) is 61.5 Å². The van der Waals surface area contributed by atoms with E-state index in [1.54, 1.807) is 6.92 Å². The summed E-state index contributed by atoms with van der Waals surface area (Å²) in [6.45, 7) is 4.56. The summed E-state index contributed by atoms with van der Waals surface area (Å²) in [4.78, 5) is 12.5. The molecule has 2 aromatic rings. The molecule has 0 radical (unpaired) electrons. The van der Waals surface area contributed by atoms with Crippen molar-refractivity contribution in [2.75, 3.05) is 6.61 Å². The van der Waals surface area contributed by atoms with Gasteiger partial charge in [0.05, 0.1) is 13.2 Å². The van der Waals surface area contributed by atoms with Gasteiger partial charge in [-0.2, -0.15) is 0 Å². The standard InChI is InChI=1S/C19H23BrN2O2/c1-14(12-24-13-15-6-4-3-5-7-15)22-18(23)19(2,21)16-8-10-17(20)11-9-16/h3-11,14H,12-13,21H2,1-2H3,(H,22,23). The molecule has 0 saturated heterocycles. The lowest BCUT2D eigenvalue weighted by molar-refractivity contribution is -0.127. The number of hydrogen-bond acceptors (Lipinski definition) is 3. The molecule has 24 heavy (non-hydrogen) atoms. The molecule has 0 aliphatic heterocycles. The van der Waals surface area contributed by atoms with Crippen molar-refractivity contribution in [2.45, 2.75) is 32.0 Å². The fraction of sp³-hybridized carbons (Fsp3) is 0.316. The summed E-state index contributed by atoms with van der Waals surface area (Å²) in [5.74, 6) is -0.222. The molecule has 0 spiro atoms. The maximum atomic E-state index is 12.5. The minimum atomic E-state index is -1.09. The van der Waals surface area contributed by atoms with Gasteiger partial charge in [-0.25, -0.2) is 0 Å². The first-order valence-electron chi connectivity index (χ1n) is 7.87. The SMILES string of the molecule is CC(COCc1ccccc1)NC(=O)C(C)(N)c1ccc(Br)cc1. The number of amides is 1. The van der Waals surface area contributed by atoms with Crippen molar-refractivity contribution >= 4 is 21.8 Å². The van der Waals surface area contributed by atoms with E-state index in [1.165, 1.54) is 0 Å². The number of carbonyl (C=O) groups is 1. The maximum absolute atomic E-state index is 12.5. The Morgan fingerprint density at radius 2 is 1.83 bits per heavy atom. The van der Waals surface area contributed by atoms with Crippen LogP contribution >= 0.6 is 15.9 Å². The van der Waals surface area contributed by atoms with Crippen LogP contribution in [0.15, 0.2) is 59.1 Å². The number of ether oxygens (including phenoxy) is 1. The monoisotopic (exact) mass is 390 g/mol. The van der Waals surface area contributed by atoms with Gasteiger partial charge in [0.1, 0.15) is 5.54 Å². The molecular weight excluding hydrogens is 368 g/mol. The van der Waals surface area contributed by atoms with Gasteiger partial charge in [-0.05, 0) is 37.1 Å². The van der Waals surface area contributed by atoms with E-state index in [4.69, 9.17) is 10.5 Å². The third kappa shape index (κ3) is 5.16. The van der Waals surface area contributed by atoms with Crippen molar-refractivity contribution in [3.05, 3.63) is 70.2 Å². The molecule has 0 heterocycles. The maximum Gasteiger partial charge on any atom is 0.244 e. The predicted octanol–water partition coefficient (Wildman–Crippen LogP) is 3.34.